The summed E-state index contributed by atoms with van der Waals surface area (Å²) in [7, 11) is 3.05. The molecule has 2 amide bonds. The Kier molecular flexibility index (Phi) is 7.71. The summed E-state index contributed by atoms with van der Waals surface area (Å²) in [6.07, 6.45) is 3.09. The topological polar surface area (TPSA) is 103 Å². The molecule has 0 unspecified atom stereocenters. The lowest BCUT2D eigenvalue weighted by Gasteiger charge is -2.19. The Hall–Kier alpha value is -3.81. The van der Waals surface area contributed by atoms with Crippen LogP contribution in [0.5, 0.6) is 11.5 Å². The molecule has 33 heavy (non-hydrogen) atoms. The first kappa shape index (κ1) is 23.8. The Bertz CT molecular complexity index is 1090. The first-order valence-corrected chi connectivity index (χ1v) is 10.6. The van der Waals surface area contributed by atoms with Crippen molar-refractivity contribution in [3.05, 3.63) is 64.2 Å². The molecule has 1 aliphatic rings. The zero-order valence-electron chi connectivity index (χ0n) is 19.2. The number of methoxy groups -OCH3 is 1. The van der Waals surface area contributed by atoms with Crippen LogP contribution in [0.25, 0.3) is 0 Å². The number of fused-ring (bicyclic) bond motifs is 1. The molecular weight excluding hydrogens is 424 g/mol. The normalized spacial score (nSPS) is 12.6. The van der Waals surface area contributed by atoms with Gasteiger partial charge in [-0.15, -0.1) is 0 Å². The number of hydrogen-bond donors (Lipinski definition) is 2. The van der Waals surface area contributed by atoms with E-state index in [0.29, 0.717) is 46.7 Å². The van der Waals surface area contributed by atoms with Crippen LogP contribution in [0.3, 0.4) is 0 Å². The summed E-state index contributed by atoms with van der Waals surface area (Å²) in [6.45, 7) is 3.92. The second-order valence-electron chi connectivity index (χ2n) is 7.69. The number of para-hydroxylation sites is 1. The largest absolute Gasteiger partial charge is 0.496 e. The maximum Gasteiger partial charge on any atom is 0.341 e. The summed E-state index contributed by atoms with van der Waals surface area (Å²) in [5.74, 6) is 0.308. The average Bonchev–Trinajstić information content (AvgIpc) is 3.20. The highest BCUT2D eigenvalue weighted by atomic mass is 16.5. The molecule has 0 aromatic heterocycles. The van der Waals surface area contributed by atoms with Gasteiger partial charge in [0.25, 0.3) is 0 Å². The number of carbonyl (C=O) groups excluding carboxylic acids is 3. The van der Waals surface area contributed by atoms with Gasteiger partial charge in [0.1, 0.15) is 18.1 Å². The van der Waals surface area contributed by atoms with Crippen molar-refractivity contribution in [1.82, 2.24) is 5.32 Å². The van der Waals surface area contributed by atoms with E-state index in [9.17, 15) is 14.4 Å². The van der Waals surface area contributed by atoms with Crippen LogP contribution < -0.4 is 20.1 Å². The van der Waals surface area contributed by atoms with Gasteiger partial charge in [0.05, 0.1) is 18.4 Å². The van der Waals surface area contributed by atoms with E-state index in [0.717, 1.165) is 11.1 Å². The second-order valence-corrected chi connectivity index (χ2v) is 7.69. The van der Waals surface area contributed by atoms with Gasteiger partial charge in [-0.05, 0) is 44.4 Å². The zero-order valence-corrected chi connectivity index (χ0v) is 19.2. The fraction of sp³-hybridized carbons (Fsp3) is 0.320. The van der Waals surface area contributed by atoms with Gasteiger partial charge >= 0.3 is 18.0 Å². The minimum absolute atomic E-state index is 0.136. The van der Waals surface area contributed by atoms with E-state index in [1.165, 1.54) is 7.05 Å². The Balaban J connectivity index is 1.81. The molecule has 0 saturated carbocycles. The summed E-state index contributed by atoms with van der Waals surface area (Å²) in [6, 6.07) is 8.48. The summed E-state index contributed by atoms with van der Waals surface area (Å²) >= 11 is 0. The van der Waals surface area contributed by atoms with E-state index in [1.807, 2.05) is 26.0 Å². The highest BCUT2D eigenvalue weighted by Crippen LogP contribution is 2.41. The van der Waals surface area contributed by atoms with Crippen LogP contribution >= 0.6 is 0 Å². The van der Waals surface area contributed by atoms with Gasteiger partial charge < -0.3 is 24.8 Å². The van der Waals surface area contributed by atoms with Crippen LogP contribution in [0.2, 0.25) is 0 Å². The van der Waals surface area contributed by atoms with Gasteiger partial charge in [-0.3, -0.25) is 4.79 Å². The van der Waals surface area contributed by atoms with Crippen LogP contribution in [0, 0.1) is 6.92 Å². The molecule has 0 aliphatic carbocycles. The van der Waals surface area contributed by atoms with E-state index in [2.05, 4.69) is 10.6 Å². The number of cyclic esters (lactones) is 1. The zero-order chi connectivity index (χ0) is 24.0. The van der Waals surface area contributed by atoms with Crippen molar-refractivity contribution in [1.29, 1.82) is 0 Å². The molecule has 0 atom stereocenters. The molecule has 0 saturated heterocycles. The van der Waals surface area contributed by atoms with E-state index >= 15 is 0 Å². The molecule has 8 nitrogen and oxygen atoms in total. The Morgan fingerprint density at radius 1 is 1.18 bits per heavy atom. The Morgan fingerprint density at radius 3 is 2.58 bits per heavy atom. The van der Waals surface area contributed by atoms with Gasteiger partial charge in [0.2, 0.25) is 0 Å². The summed E-state index contributed by atoms with van der Waals surface area (Å²) in [4.78, 5) is 36.7. The predicted molar refractivity (Wildman–Crippen MR) is 124 cm³/mol. The van der Waals surface area contributed by atoms with Crippen LogP contribution in [-0.2, 0) is 22.6 Å². The molecule has 0 spiro atoms. The molecule has 0 radical (unpaired) electrons. The van der Waals surface area contributed by atoms with Crippen molar-refractivity contribution in [3.8, 4) is 11.5 Å². The van der Waals surface area contributed by atoms with Gasteiger partial charge in [0.15, 0.2) is 0 Å². The van der Waals surface area contributed by atoms with E-state index in [1.54, 1.807) is 31.4 Å². The van der Waals surface area contributed by atoms with Gasteiger partial charge in [0, 0.05) is 24.6 Å². The number of anilines is 1. The summed E-state index contributed by atoms with van der Waals surface area (Å²) < 4.78 is 16.2. The quantitative estimate of drug-likeness (QED) is 0.352. The third-order valence-electron chi connectivity index (χ3n) is 5.50. The molecule has 2 aromatic carbocycles. The number of urea groups is 1. The Morgan fingerprint density at radius 2 is 1.91 bits per heavy atom. The second kappa shape index (κ2) is 10.7. The number of carbonyl (C=O) groups is 3. The highest BCUT2D eigenvalue weighted by molar-refractivity contribution is 6.05. The molecule has 1 heterocycles. The maximum atomic E-state index is 12.4. The van der Waals surface area contributed by atoms with Crippen LogP contribution in [0.15, 0.2) is 42.0 Å². The fourth-order valence-corrected chi connectivity index (χ4v) is 3.72. The number of allylic oxidation sites excluding steroid dienone is 2. The van der Waals surface area contributed by atoms with E-state index in [-0.39, 0.29) is 19.0 Å². The SMILES string of the molecule is CNC(=O)Nc1c(CC=C(C)CCC(=O)Oc2ccccc2)c(OC)c(C)c2c1C(=O)OC2. The number of hydrogen-bond acceptors (Lipinski definition) is 6. The van der Waals surface area contributed by atoms with Gasteiger partial charge in [-0.2, -0.15) is 0 Å². The summed E-state index contributed by atoms with van der Waals surface area (Å²) in [5, 5.41) is 5.27. The molecule has 3 rings (SSSR count). The summed E-state index contributed by atoms with van der Waals surface area (Å²) in [5.41, 5.74) is 3.87. The third-order valence-corrected chi connectivity index (χ3v) is 5.50. The molecule has 2 aromatic rings. The van der Waals surface area contributed by atoms with Crippen molar-refractivity contribution >= 4 is 23.7 Å². The predicted octanol–water partition coefficient (Wildman–Crippen LogP) is 4.30. The third kappa shape index (κ3) is 5.52. The molecule has 174 valence electrons. The number of nitrogens with one attached hydrogen (secondary N) is 2. The van der Waals surface area contributed by atoms with Gasteiger partial charge in [-0.25, -0.2) is 9.59 Å². The van der Waals surface area contributed by atoms with Crippen molar-refractivity contribution in [2.45, 2.75) is 39.7 Å². The number of esters is 2. The average molecular weight is 453 g/mol. The number of benzene rings is 2. The molecular formula is C25H28N2O6. The lowest BCUT2D eigenvalue weighted by molar-refractivity contribution is -0.134. The maximum absolute atomic E-state index is 12.4. The number of ether oxygens (including phenoxy) is 3. The van der Waals surface area contributed by atoms with Crippen LogP contribution in [0.4, 0.5) is 10.5 Å². The molecule has 8 heteroatoms. The lowest BCUT2D eigenvalue weighted by Crippen LogP contribution is -2.26. The van der Waals surface area contributed by atoms with Crippen molar-refractivity contribution in [2.75, 3.05) is 19.5 Å². The molecule has 0 bridgehead atoms. The fourth-order valence-electron chi connectivity index (χ4n) is 3.72. The smallest absolute Gasteiger partial charge is 0.341 e. The molecule has 0 fully saturated rings. The minimum atomic E-state index is -0.479. The molecule has 1 aliphatic heterocycles. The first-order valence-electron chi connectivity index (χ1n) is 10.6. The lowest BCUT2D eigenvalue weighted by atomic mass is 9.93. The minimum Gasteiger partial charge on any atom is -0.496 e. The standard InChI is InChI=1S/C25H28N2O6/c1-15(11-13-20(28)33-17-8-6-5-7-9-17)10-12-18-22(27-25(30)26-3)21-19(14-32-24(21)29)16(2)23(18)31-4/h5-10H,11-14H2,1-4H3,(H2,26,27,30). The Labute approximate surface area is 192 Å². The molecule has 2 N–H and O–H groups in total. The number of amides is 2. The van der Waals surface area contributed by atoms with E-state index < -0.39 is 12.0 Å². The van der Waals surface area contributed by atoms with Gasteiger partial charge in [-0.1, -0.05) is 29.8 Å². The van der Waals surface area contributed by atoms with Crippen molar-refractivity contribution in [2.24, 2.45) is 0 Å². The van der Waals surface area contributed by atoms with Crippen molar-refractivity contribution < 1.29 is 28.6 Å². The first-order chi connectivity index (χ1) is 15.8. The van der Waals surface area contributed by atoms with Crippen molar-refractivity contribution in [3.63, 3.8) is 0 Å². The highest BCUT2D eigenvalue weighted by Gasteiger charge is 2.32. The van der Waals surface area contributed by atoms with Crippen LogP contribution in [-0.4, -0.2) is 32.1 Å². The monoisotopic (exact) mass is 452 g/mol. The number of rotatable bonds is 8. The van der Waals surface area contributed by atoms with E-state index in [4.69, 9.17) is 14.2 Å². The van der Waals surface area contributed by atoms with Crippen LogP contribution in [0.1, 0.15) is 46.8 Å².